The number of carboxylic acids is 1. The fraction of sp³-hybridized carbons (Fsp3) is 0.400. The number of thioether (sulfide) groups is 1. The van der Waals surface area contributed by atoms with E-state index in [-0.39, 0.29) is 0 Å². The fourth-order valence-electron chi connectivity index (χ4n) is 1.14. The Bertz CT molecular complexity index is 405. The first-order valence-corrected chi connectivity index (χ1v) is 7.53. The maximum atomic E-state index is 10.3. The average Bonchev–Trinajstić information content (AvgIpc) is 2.38. The molecule has 0 heterocycles. The molecular weight excluding hydrogens is 292 g/mol. The second-order valence-electron chi connectivity index (χ2n) is 4.35. The summed E-state index contributed by atoms with van der Waals surface area (Å²) in [5.41, 5.74) is -1.34. The van der Waals surface area contributed by atoms with Crippen LogP contribution in [0.1, 0.15) is 19.8 Å². The lowest BCUT2D eigenvalue weighted by atomic mass is 10.3. The van der Waals surface area contributed by atoms with E-state index in [1.807, 2.05) is 18.2 Å². The van der Waals surface area contributed by atoms with Gasteiger partial charge in [-0.15, -0.1) is 11.8 Å². The van der Waals surface area contributed by atoms with Crippen LogP contribution in [0.25, 0.3) is 0 Å². The molecule has 0 saturated carbocycles. The van der Waals surface area contributed by atoms with Gasteiger partial charge in [0.2, 0.25) is 0 Å². The van der Waals surface area contributed by atoms with E-state index in [0.717, 1.165) is 24.6 Å². The van der Waals surface area contributed by atoms with E-state index in [1.165, 1.54) is 13.0 Å². The lowest BCUT2D eigenvalue weighted by molar-refractivity contribution is -0.141. The van der Waals surface area contributed by atoms with E-state index in [0.29, 0.717) is 5.75 Å². The molecule has 21 heavy (non-hydrogen) atoms. The highest BCUT2D eigenvalue weighted by atomic mass is 32.2. The Balaban J connectivity index is 3.68. The molecule has 118 valence electrons. The molecule has 5 nitrogen and oxygen atoms in total. The van der Waals surface area contributed by atoms with Crippen molar-refractivity contribution in [3.8, 4) is 0 Å². The first-order valence-electron chi connectivity index (χ1n) is 6.48. The van der Waals surface area contributed by atoms with Gasteiger partial charge in [-0.05, 0) is 31.6 Å². The van der Waals surface area contributed by atoms with Gasteiger partial charge in [-0.2, -0.15) is 0 Å². The molecule has 0 aromatic rings. The van der Waals surface area contributed by atoms with Crippen LogP contribution in [0.3, 0.4) is 0 Å². The third kappa shape index (κ3) is 14.9. The summed E-state index contributed by atoms with van der Waals surface area (Å²) in [6.45, 7) is 1.27. The smallest absolute Gasteiger partial charge is 0.343 e. The predicted molar refractivity (Wildman–Crippen MR) is 84.7 cm³/mol. The summed E-state index contributed by atoms with van der Waals surface area (Å²) in [6, 6.07) is 0. The summed E-state index contributed by atoms with van der Waals surface area (Å²) < 4.78 is 0. The zero-order valence-electron chi connectivity index (χ0n) is 11.9. The molecule has 4 N–H and O–H groups in total. The summed E-state index contributed by atoms with van der Waals surface area (Å²) >= 11 is 1.01. The van der Waals surface area contributed by atoms with Gasteiger partial charge >= 0.3 is 5.97 Å². The van der Waals surface area contributed by atoms with Gasteiger partial charge in [-0.3, -0.25) is 0 Å². The highest BCUT2D eigenvalue weighted by Crippen LogP contribution is 2.10. The first kappa shape index (κ1) is 19.7. The number of hydrogen-bond acceptors (Lipinski definition) is 5. The Labute approximate surface area is 129 Å². The highest BCUT2D eigenvalue weighted by molar-refractivity contribution is 8.00. The number of carbonyl (C=O) groups is 1. The number of aliphatic carboxylic acids is 1. The van der Waals surface area contributed by atoms with Crippen molar-refractivity contribution in [1.29, 1.82) is 0 Å². The second kappa shape index (κ2) is 11.3. The maximum Gasteiger partial charge on any atom is 0.343 e. The third-order valence-corrected chi connectivity index (χ3v) is 3.15. The van der Waals surface area contributed by atoms with Gasteiger partial charge in [0.25, 0.3) is 0 Å². The van der Waals surface area contributed by atoms with Crippen molar-refractivity contribution in [3.05, 3.63) is 48.6 Å². The number of unbranched alkanes of at least 4 members (excludes halogenated alkanes) is 1. The Kier molecular flexibility index (Phi) is 10.6. The normalized spacial score (nSPS) is 14.9. The standard InChI is InChI=1S/C15H22O5S/c1-15(19,20)11-9-7-5-3-2-4-6-8-10-12-21-14(18)13(16)17/h2-7,9,11,14,18-20H,8,10,12H2,1H3,(H,16,17)/b3-2+,6-4+,7-5+,11-9+. The topological polar surface area (TPSA) is 98.0 Å². The quantitative estimate of drug-likeness (QED) is 0.279. The van der Waals surface area contributed by atoms with E-state index in [9.17, 15) is 4.79 Å². The van der Waals surface area contributed by atoms with Crippen LogP contribution < -0.4 is 0 Å². The summed E-state index contributed by atoms with van der Waals surface area (Å²) in [4.78, 5) is 10.3. The largest absolute Gasteiger partial charge is 0.479 e. The molecular formula is C15H22O5S. The van der Waals surface area contributed by atoms with Crippen LogP contribution >= 0.6 is 11.8 Å². The predicted octanol–water partition coefficient (Wildman–Crippen LogP) is 1.83. The van der Waals surface area contributed by atoms with E-state index >= 15 is 0 Å². The lowest BCUT2D eigenvalue weighted by Crippen LogP contribution is -2.18. The third-order valence-electron chi connectivity index (χ3n) is 2.11. The lowest BCUT2D eigenvalue weighted by Gasteiger charge is -2.07. The van der Waals surface area contributed by atoms with Gasteiger partial charge < -0.3 is 20.4 Å². The second-order valence-corrected chi connectivity index (χ2v) is 5.54. The van der Waals surface area contributed by atoms with E-state index < -0.39 is 17.2 Å². The number of allylic oxidation sites excluding steroid dienone is 7. The van der Waals surface area contributed by atoms with Crippen LogP contribution in [0.15, 0.2) is 48.6 Å². The molecule has 0 saturated heterocycles. The van der Waals surface area contributed by atoms with Crippen LogP contribution in [-0.4, -0.2) is 43.4 Å². The van der Waals surface area contributed by atoms with Crippen molar-refractivity contribution >= 4 is 17.7 Å². The Morgan fingerprint density at radius 2 is 1.71 bits per heavy atom. The average molecular weight is 314 g/mol. The van der Waals surface area contributed by atoms with Gasteiger partial charge in [0.05, 0.1) is 0 Å². The van der Waals surface area contributed by atoms with Crippen LogP contribution in [0.2, 0.25) is 0 Å². The van der Waals surface area contributed by atoms with Crippen LogP contribution in [0.5, 0.6) is 0 Å². The van der Waals surface area contributed by atoms with Gasteiger partial charge in [0.1, 0.15) is 0 Å². The monoisotopic (exact) mass is 314 g/mol. The Morgan fingerprint density at radius 3 is 2.29 bits per heavy atom. The zero-order chi connectivity index (χ0) is 16.1. The summed E-state index contributed by atoms with van der Waals surface area (Å²) in [7, 11) is 0. The van der Waals surface area contributed by atoms with E-state index in [4.69, 9.17) is 20.4 Å². The Hall–Kier alpha value is -1.34. The van der Waals surface area contributed by atoms with Crippen LogP contribution in [0.4, 0.5) is 0 Å². The highest BCUT2D eigenvalue weighted by Gasteiger charge is 2.11. The van der Waals surface area contributed by atoms with Crippen molar-refractivity contribution < 1.29 is 25.2 Å². The molecule has 6 heteroatoms. The van der Waals surface area contributed by atoms with E-state index in [2.05, 4.69) is 0 Å². The maximum absolute atomic E-state index is 10.3. The molecule has 0 fully saturated rings. The molecule has 1 atom stereocenters. The van der Waals surface area contributed by atoms with Crippen molar-refractivity contribution in [3.63, 3.8) is 0 Å². The van der Waals surface area contributed by atoms with Crippen molar-refractivity contribution in [2.45, 2.75) is 31.0 Å². The number of rotatable bonds is 10. The van der Waals surface area contributed by atoms with Crippen LogP contribution in [0, 0.1) is 0 Å². The molecule has 0 aliphatic carbocycles. The summed E-state index contributed by atoms with van der Waals surface area (Å²) in [5.74, 6) is -2.41. The van der Waals surface area contributed by atoms with Crippen molar-refractivity contribution in [1.82, 2.24) is 0 Å². The minimum atomic E-state index is -1.79. The molecule has 0 aromatic heterocycles. The van der Waals surface area contributed by atoms with Gasteiger partial charge in [0, 0.05) is 0 Å². The SMILES string of the molecule is CC(O)(O)/C=C/C=C/C=C/C=C/CCCSC(O)C(=O)O. The molecule has 0 radical (unpaired) electrons. The molecule has 0 aliphatic rings. The molecule has 0 bridgehead atoms. The summed E-state index contributed by atoms with van der Waals surface area (Å²) in [6.07, 6.45) is 15.3. The van der Waals surface area contributed by atoms with Crippen molar-refractivity contribution in [2.75, 3.05) is 5.75 Å². The number of hydrogen-bond donors (Lipinski definition) is 4. The van der Waals surface area contributed by atoms with Gasteiger partial charge in [0.15, 0.2) is 11.2 Å². The zero-order valence-corrected chi connectivity index (χ0v) is 12.7. The minimum Gasteiger partial charge on any atom is -0.479 e. The number of aliphatic hydroxyl groups excluding tert-OH is 1. The van der Waals surface area contributed by atoms with Crippen LogP contribution in [-0.2, 0) is 4.79 Å². The number of aliphatic hydroxyl groups is 3. The van der Waals surface area contributed by atoms with Gasteiger partial charge in [-0.1, -0.05) is 42.5 Å². The molecule has 0 aromatic carbocycles. The first-order chi connectivity index (χ1) is 9.83. The Morgan fingerprint density at radius 1 is 1.14 bits per heavy atom. The number of carboxylic acid groups (broad SMARTS) is 1. The minimum absolute atomic E-state index is 0.591. The molecule has 0 spiro atoms. The molecule has 0 rings (SSSR count). The summed E-state index contributed by atoms with van der Waals surface area (Å²) in [5, 5.41) is 35.4. The van der Waals surface area contributed by atoms with E-state index in [1.54, 1.807) is 24.3 Å². The molecule has 1 unspecified atom stereocenters. The molecule has 0 amide bonds. The fourth-order valence-corrected chi connectivity index (χ4v) is 1.84. The molecule has 0 aliphatic heterocycles. The van der Waals surface area contributed by atoms with Gasteiger partial charge in [-0.25, -0.2) is 4.79 Å². The van der Waals surface area contributed by atoms with Crippen molar-refractivity contribution in [2.24, 2.45) is 0 Å².